The van der Waals surface area contributed by atoms with Gasteiger partial charge in [0.25, 0.3) is 0 Å². The fraction of sp³-hybridized carbons (Fsp3) is 0.385. The molecule has 0 saturated carbocycles. The summed E-state index contributed by atoms with van der Waals surface area (Å²) in [5.74, 6) is 0.00633. The van der Waals surface area contributed by atoms with Crippen LogP contribution in [0.1, 0.15) is 22.9 Å². The van der Waals surface area contributed by atoms with E-state index in [1.54, 1.807) is 11.0 Å². The lowest BCUT2D eigenvalue weighted by Crippen LogP contribution is -2.33. The summed E-state index contributed by atoms with van der Waals surface area (Å²) < 4.78 is 32.1. The summed E-state index contributed by atoms with van der Waals surface area (Å²) in [5.41, 5.74) is 1.57. The predicted molar refractivity (Wildman–Crippen MR) is 79.6 cm³/mol. The second-order valence-corrected chi connectivity index (χ2v) is 8.19. The molecule has 0 spiro atoms. The van der Waals surface area contributed by atoms with Gasteiger partial charge in [0.05, 0.1) is 6.20 Å². The van der Waals surface area contributed by atoms with Crippen molar-refractivity contribution in [1.82, 2.24) is 14.8 Å². The van der Waals surface area contributed by atoms with E-state index in [2.05, 4.69) is 14.4 Å². The minimum Gasteiger partial charge on any atom is -0.364 e. The molecule has 0 atom stereocenters. The fourth-order valence-corrected chi connectivity index (χ4v) is 4.88. The van der Waals surface area contributed by atoms with Crippen LogP contribution in [0.5, 0.6) is 0 Å². The Morgan fingerprint density at radius 3 is 3.05 bits per heavy atom. The number of carbonyl (C=O) groups excluding carboxylic acids is 1. The van der Waals surface area contributed by atoms with Crippen molar-refractivity contribution >= 4 is 27.3 Å². The second-order valence-electron chi connectivity index (χ2n) is 5.06. The van der Waals surface area contributed by atoms with Gasteiger partial charge in [-0.15, -0.1) is 11.3 Å². The SMILES string of the molecule is CC(=O)N1CCc2sc(S(=O)(=O)NCc3cnoc3)cc2C1. The van der Waals surface area contributed by atoms with Crippen molar-refractivity contribution in [2.24, 2.45) is 0 Å². The van der Waals surface area contributed by atoms with E-state index in [4.69, 9.17) is 0 Å². The third kappa shape index (κ3) is 3.06. The zero-order chi connectivity index (χ0) is 15.7. The summed E-state index contributed by atoms with van der Waals surface area (Å²) in [6.07, 6.45) is 3.56. The third-order valence-electron chi connectivity index (χ3n) is 3.50. The van der Waals surface area contributed by atoms with Gasteiger partial charge in [0.2, 0.25) is 15.9 Å². The number of nitrogens with one attached hydrogen (secondary N) is 1. The average Bonchev–Trinajstić information content (AvgIpc) is 3.13. The minimum absolute atomic E-state index is 0.00633. The van der Waals surface area contributed by atoms with Gasteiger partial charge in [-0.3, -0.25) is 4.79 Å². The van der Waals surface area contributed by atoms with E-state index in [9.17, 15) is 13.2 Å². The molecule has 0 bridgehead atoms. The molecular weight excluding hydrogens is 326 g/mol. The lowest BCUT2D eigenvalue weighted by Gasteiger charge is -2.25. The quantitative estimate of drug-likeness (QED) is 0.899. The van der Waals surface area contributed by atoms with Crippen LogP contribution in [0.4, 0.5) is 0 Å². The van der Waals surface area contributed by atoms with Gasteiger partial charge in [-0.05, 0) is 18.1 Å². The van der Waals surface area contributed by atoms with Gasteiger partial charge in [0, 0.05) is 37.0 Å². The largest absolute Gasteiger partial charge is 0.364 e. The van der Waals surface area contributed by atoms with Crippen LogP contribution in [0.25, 0.3) is 0 Å². The monoisotopic (exact) mass is 341 g/mol. The molecule has 1 N–H and O–H groups in total. The Morgan fingerprint density at radius 2 is 2.36 bits per heavy atom. The summed E-state index contributed by atoms with van der Waals surface area (Å²) in [6, 6.07) is 1.66. The first-order valence-corrected chi connectivity index (χ1v) is 9.01. The molecule has 118 valence electrons. The smallest absolute Gasteiger partial charge is 0.250 e. The lowest BCUT2D eigenvalue weighted by molar-refractivity contribution is -0.129. The first kappa shape index (κ1) is 15.2. The van der Waals surface area contributed by atoms with Gasteiger partial charge in [0.1, 0.15) is 10.5 Å². The zero-order valence-electron chi connectivity index (χ0n) is 11.9. The number of aromatic nitrogens is 1. The molecule has 22 heavy (non-hydrogen) atoms. The van der Waals surface area contributed by atoms with Crippen LogP contribution in [0, 0.1) is 0 Å². The molecular formula is C13H15N3O4S2. The number of fused-ring (bicyclic) bond motifs is 1. The number of thiophene rings is 1. The van der Waals surface area contributed by atoms with Crippen LogP contribution in [-0.2, 0) is 34.3 Å². The van der Waals surface area contributed by atoms with Crippen LogP contribution in [0.2, 0.25) is 0 Å². The number of carbonyl (C=O) groups is 1. The Balaban J connectivity index is 1.76. The van der Waals surface area contributed by atoms with Crippen molar-refractivity contribution in [2.75, 3.05) is 6.54 Å². The number of amides is 1. The molecule has 0 saturated heterocycles. The maximum absolute atomic E-state index is 12.3. The number of rotatable bonds is 4. The molecule has 1 aliphatic rings. The van der Waals surface area contributed by atoms with Crippen molar-refractivity contribution in [3.05, 3.63) is 34.5 Å². The first-order chi connectivity index (χ1) is 10.5. The summed E-state index contributed by atoms with van der Waals surface area (Å²) in [6.45, 7) is 2.77. The Hall–Kier alpha value is -1.71. The fourth-order valence-electron chi connectivity index (χ4n) is 2.27. The van der Waals surface area contributed by atoms with E-state index in [1.807, 2.05) is 0 Å². The summed E-state index contributed by atoms with van der Waals surface area (Å²) >= 11 is 1.27. The van der Waals surface area contributed by atoms with E-state index in [0.29, 0.717) is 25.1 Å². The van der Waals surface area contributed by atoms with E-state index < -0.39 is 10.0 Å². The van der Waals surface area contributed by atoms with E-state index >= 15 is 0 Å². The van der Waals surface area contributed by atoms with Gasteiger partial charge in [0.15, 0.2) is 0 Å². The number of hydrogen-bond donors (Lipinski definition) is 1. The highest BCUT2D eigenvalue weighted by Gasteiger charge is 2.25. The van der Waals surface area contributed by atoms with Crippen molar-refractivity contribution in [2.45, 2.75) is 30.6 Å². The van der Waals surface area contributed by atoms with Gasteiger partial charge in [-0.1, -0.05) is 5.16 Å². The van der Waals surface area contributed by atoms with Crippen LogP contribution in [0.15, 0.2) is 27.3 Å². The summed E-state index contributed by atoms with van der Waals surface area (Å²) in [5, 5.41) is 3.53. The number of hydrogen-bond acceptors (Lipinski definition) is 6. The summed E-state index contributed by atoms with van der Waals surface area (Å²) in [7, 11) is -3.57. The van der Waals surface area contributed by atoms with E-state index in [0.717, 1.165) is 10.4 Å². The molecule has 7 nitrogen and oxygen atoms in total. The van der Waals surface area contributed by atoms with Gasteiger partial charge < -0.3 is 9.42 Å². The molecule has 2 aromatic rings. The zero-order valence-corrected chi connectivity index (χ0v) is 13.5. The van der Waals surface area contributed by atoms with E-state index in [1.165, 1.54) is 30.7 Å². The van der Waals surface area contributed by atoms with Crippen molar-refractivity contribution in [3.63, 3.8) is 0 Å². The molecule has 0 radical (unpaired) electrons. The van der Waals surface area contributed by atoms with Crippen LogP contribution in [-0.4, -0.2) is 30.9 Å². The third-order valence-corrected chi connectivity index (χ3v) is 6.62. The van der Waals surface area contributed by atoms with Crippen molar-refractivity contribution < 1.29 is 17.7 Å². The van der Waals surface area contributed by atoms with Crippen molar-refractivity contribution in [3.8, 4) is 0 Å². The minimum atomic E-state index is -3.57. The molecule has 2 aromatic heterocycles. The Morgan fingerprint density at radius 1 is 1.55 bits per heavy atom. The molecule has 3 rings (SSSR count). The standard InChI is InChI=1S/C13H15N3O4S2/c1-9(17)16-3-2-12-11(7-16)4-13(21-12)22(18,19)15-6-10-5-14-20-8-10/h4-5,8,15H,2-3,6-7H2,1H3. The Bertz CT molecular complexity index is 780. The normalized spacial score (nSPS) is 14.9. The highest BCUT2D eigenvalue weighted by atomic mass is 32.2. The van der Waals surface area contributed by atoms with Crippen LogP contribution < -0.4 is 4.72 Å². The first-order valence-electron chi connectivity index (χ1n) is 6.71. The lowest BCUT2D eigenvalue weighted by atomic mass is 10.1. The topological polar surface area (TPSA) is 92.5 Å². The average molecular weight is 341 g/mol. The highest BCUT2D eigenvalue weighted by molar-refractivity contribution is 7.91. The Labute approximate surface area is 132 Å². The number of sulfonamides is 1. The maximum atomic E-state index is 12.3. The second kappa shape index (κ2) is 5.82. The van der Waals surface area contributed by atoms with Gasteiger partial charge >= 0.3 is 0 Å². The molecule has 0 unspecified atom stereocenters. The van der Waals surface area contributed by atoms with Crippen LogP contribution >= 0.6 is 11.3 Å². The number of nitrogens with zero attached hydrogens (tertiary/aromatic N) is 2. The van der Waals surface area contributed by atoms with Crippen LogP contribution in [0.3, 0.4) is 0 Å². The Kier molecular flexibility index (Phi) is 4.02. The predicted octanol–water partition coefficient (Wildman–Crippen LogP) is 1.12. The molecule has 0 fully saturated rings. The molecule has 1 amide bonds. The molecule has 0 aliphatic carbocycles. The van der Waals surface area contributed by atoms with Crippen molar-refractivity contribution in [1.29, 1.82) is 0 Å². The maximum Gasteiger partial charge on any atom is 0.250 e. The molecule has 3 heterocycles. The molecule has 9 heteroatoms. The highest BCUT2D eigenvalue weighted by Crippen LogP contribution is 2.31. The van der Waals surface area contributed by atoms with Gasteiger partial charge in [-0.25, -0.2) is 13.1 Å². The molecule has 1 aliphatic heterocycles. The molecule has 0 aromatic carbocycles. The summed E-state index contributed by atoms with van der Waals surface area (Å²) in [4.78, 5) is 14.2. The van der Waals surface area contributed by atoms with Gasteiger partial charge in [-0.2, -0.15) is 0 Å². The van der Waals surface area contributed by atoms with E-state index in [-0.39, 0.29) is 16.7 Å².